The molecular weight excluding hydrogens is 228 g/mol. The van der Waals surface area contributed by atoms with Crippen molar-refractivity contribution in [3.05, 3.63) is 34.3 Å². The summed E-state index contributed by atoms with van der Waals surface area (Å²) in [6.45, 7) is 0.687. The Hall–Kier alpha value is -0.800. The van der Waals surface area contributed by atoms with E-state index in [-0.39, 0.29) is 0 Å². The van der Waals surface area contributed by atoms with Crippen LogP contribution in [-0.4, -0.2) is 6.54 Å². The summed E-state index contributed by atoms with van der Waals surface area (Å²) < 4.78 is 0.933. The standard InChI is InChI=1S/C10H13BrN2/c11-9-7-8(3-1-2-6-12)4-5-10(9)13/h1,3-5,7H,2,6,12-13H2. The van der Waals surface area contributed by atoms with Crippen LogP contribution in [0.1, 0.15) is 12.0 Å². The third kappa shape index (κ3) is 3.20. The van der Waals surface area contributed by atoms with E-state index in [4.69, 9.17) is 11.5 Å². The molecule has 70 valence electrons. The maximum absolute atomic E-state index is 5.65. The van der Waals surface area contributed by atoms with Crippen LogP contribution >= 0.6 is 15.9 Å². The molecule has 0 amide bonds. The molecule has 4 N–H and O–H groups in total. The highest BCUT2D eigenvalue weighted by atomic mass is 79.9. The van der Waals surface area contributed by atoms with Crippen molar-refractivity contribution >= 4 is 27.7 Å². The first kappa shape index (κ1) is 10.3. The molecule has 0 bridgehead atoms. The molecule has 0 aromatic heterocycles. The third-order valence-corrected chi connectivity index (χ3v) is 2.35. The molecule has 1 aromatic carbocycles. The Morgan fingerprint density at radius 2 is 2.15 bits per heavy atom. The van der Waals surface area contributed by atoms with Gasteiger partial charge in [-0.2, -0.15) is 0 Å². The smallest absolute Gasteiger partial charge is 0.0458 e. The maximum atomic E-state index is 5.65. The summed E-state index contributed by atoms with van der Waals surface area (Å²) in [5, 5.41) is 0. The molecule has 0 saturated heterocycles. The third-order valence-electron chi connectivity index (χ3n) is 1.67. The van der Waals surface area contributed by atoms with Crippen LogP contribution in [0.5, 0.6) is 0 Å². The monoisotopic (exact) mass is 240 g/mol. The average molecular weight is 241 g/mol. The Morgan fingerprint density at radius 3 is 2.77 bits per heavy atom. The molecule has 0 radical (unpaired) electrons. The molecule has 0 unspecified atom stereocenters. The second-order valence-electron chi connectivity index (χ2n) is 2.76. The van der Waals surface area contributed by atoms with Crippen molar-refractivity contribution in [3.63, 3.8) is 0 Å². The molecule has 0 saturated carbocycles. The van der Waals surface area contributed by atoms with Gasteiger partial charge in [0.2, 0.25) is 0 Å². The fourth-order valence-electron chi connectivity index (χ4n) is 0.963. The number of rotatable bonds is 3. The van der Waals surface area contributed by atoms with Gasteiger partial charge in [0.05, 0.1) is 0 Å². The minimum atomic E-state index is 0.687. The number of benzene rings is 1. The van der Waals surface area contributed by atoms with Gasteiger partial charge in [-0.15, -0.1) is 0 Å². The summed E-state index contributed by atoms with van der Waals surface area (Å²) >= 11 is 3.37. The minimum Gasteiger partial charge on any atom is -0.398 e. The van der Waals surface area contributed by atoms with E-state index < -0.39 is 0 Å². The predicted molar refractivity (Wildman–Crippen MR) is 61.3 cm³/mol. The van der Waals surface area contributed by atoms with Gasteiger partial charge in [-0.3, -0.25) is 0 Å². The summed E-state index contributed by atoms with van der Waals surface area (Å²) in [7, 11) is 0. The molecule has 0 fully saturated rings. The fourth-order valence-corrected chi connectivity index (χ4v) is 1.36. The van der Waals surface area contributed by atoms with Gasteiger partial charge in [-0.1, -0.05) is 18.2 Å². The predicted octanol–water partition coefficient (Wildman–Crippen LogP) is 2.39. The van der Waals surface area contributed by atoms with Crippen molar-refractivity contribution in [2.24, 2.45) is 5.73 Å². The van der Waals surface area contributed by atoms with Crippen molar-refractivity contribution in [1.29, 1.82) is 0 Å². The summed E-state index contributed by atoms with van der Waals surface area (Å²) in [6.07, 6.45) is 5.00. The molecule has 0 atom stereocenters. The van der Waals surface area contributed by atoms with Crippen molar-refractivity contribution < 1.29 is 0 Å². The van der Waals surface area contributed by atoms with Crippen LogP contribution in [0.15, 0.2) is 28.7 Å². The van der Waals surface area contributed by atoms with Crippen LogP contribution < -0.4 is 11.5 Å². The van der Waals surface area contributed by atoms with Crippen LogP contribution in [0.25, 0.3) is 6.08 Å². The molecule has 13 heavy (non-hydrogen) atoms. The summed E-state index contributed by atoms with van der Waals surface area (Å²) in [4.78, 5) is 0. The highest BCUT2D eigenvalue weighted by molar-refractivity contribution is 9.10. The molecule has 3 heteroatoms. The zero-order valence-corrected chi connectivity index (χ0v) is 8.92. The summed E-state index contributed by atoms with van der Waals surface area (Å²) in [5.74, 6) is 0. The number of nitrogens with two attached hydrogens (primary N) is 2. The Kier molecular flexibility index (Phi) is 3.99. The molecule has 1 aromatic rings. The normalized spacial score (nSPS) is 10.9. The zero-order chi connectivity index (χ0) is 9.68. The SMILES string of the molecule is NCCC=Cc1ccc(N)c(Br)c1. The molecule has 0 aliphatic heterocycles. The van der Waals surface area contributed by atoms with E-state index in [9.17, 15) is 0 Å². The quantitative estimate of drug-likeness (QED) is 0.798. The molecule has 0 heterocycles. The number of halogens is 1. The molecule has 2 nitrogen and oxygen atoms in total. The highest BCUT2D eigenvalue weighted by Gasteiger charge is 1.94. The van der Waals surface area contributed by atoms with Crippen LogP contribution in [-0.2, 0) is 0 Å². The second-order valence-corrected chi connectivity index (χ2v) is 3.62. The van der Waals surface area contributed by atoms with E-state index in [1.54, 1.807) is 0 Å². The molecule has 1 rings (SSSR count). The first-order chi connectivity index (χ1) is 6.24. The van der Waals surface area contributed by atoms with Crippen LogP contribution in [0.4, 0.5) is 5.69 Å². The molecule has 0 spiro atoms. The molecule has 0 aliphatic carbocycles. The van der Waals surface area contributed by atoms with E-state index in [1.165, 1.54) is 0 Å². The van der Waals surface area contributed by atoms with Gasteiger partial charge in [0.25, 0.3) is 0 Å². The van der Waals surface area contributed by atoms with Crippen LogP contribution in [0.3, 0.4) is 0 Å². The summed E-state index contributed by atoms with van der Waals surface area (Å²) in [6, 6.07) is 5.85. The largest absolute Gasteiger partial charge is 0.398 e. The number of nitrogen functional groups attached to an aromatic ring is 1. The Bertz CT molecular complexity index is 308. The van der Waals surface area contributed by atoms with Crippen molar-refractivity contribution in [1.82, 2.24) is 0 Å². The molecule has 0 aliphatic rings. The zero-order valence-electron chi connectivity index (χ0n) is 7.33. The lowest BCUT2D eigenvalue weighted by Gasteiger charge is -1.98. The van der Waals surface area contributed by atoms with Gasteiger partial charge in [0.1, 0.15) is 0 Å². The minimum absolute atomic E-state index is 0.687. The molecular formula is C10H13BrN2. The summed E-state index contributed by atoms with van der Waals surface area (Å²) in [5.41, 5.74) is 12.9. The van der Waals surface area contributed by atoms with Crippen molar-refractivity contribution in [3.8, 4) is 0 Å². The topological polar surface area (TPSA) is 52.0 Å². The van der Waals surface area contributed by atoms with E-state index in [0.29, 0.717) is 6.54 Å². The van der Waals surface area contributed by atoms with E-state index in [2.05, 4.69) is 22.0 Å². The van der Waals surface area contributed by atoms with Gasteiger partial charge in [-0.05, 0) is 46.6 Å². The van der Waals surface area contributed by atoms with E-state index in [1.807, 2.05) is 24.3 Å². The first-order valence-corrected chi connectivity index (χ1v) is 4.95. The first-order valence-electron chi connectivity index (χ1n) is 4.15. The number of hydrogen-bond acceptors (Lipinski definition) is 2. The van der Waals surface area contributed by atoms with Gasteiger partial charge >= 0.3 is 0 Å². The lowest BCUT2D eigenvalue weighted by Crippen LogP contribution is -1.95. The van der Waals surface area contributed by atoms with Crippen molar-refractivity contribution in [2.45, 2.75) is 6.42 Å². The van der Waals surface area contributed by atoms with Crippen LogP contribution in [0.2, 0.25) is 0 Å². The number of hydrogen-bond donors (Lipinski definition) is 2. The Morgan fingerprint density at radius 1 is 1.38 bits per heavy atom. The Labute approximate surface area is 86.7 Å². The lowest BCUT2D eigenvalue weighted by molar-refractivity contribution is 1.01. The lowest BCUT2D eigenvalue weighted by atomic mass is 10.2. The highest BCUT2D eigenvalue weighted by Crippen LogP contribution is 2.20. The van der Waals surface area contributed by atoms with Gasteiger partial charge in [0, 0.05) is 10.2 Å². The van der Waals surface area contributed by atoms with Gasteiger partial charge in [0.15, 0.2) is 0 Å². The average Bonchev–Trinajstić information content (AvgIpc) is 2.12. The van der Waals surface area contributed by atoms with Gasteiger partial charge in [-0.25, -0.2) is 0 Å². The van der Waals surface area contributed by atoms with E-state index in [0.717, 1.165) is 22.1 Å². The Balaban J connectivity index is 2.73. The van der Waals surface area contributed by atoms with Crippen LogP contribution in [0, 0.1) is 0 Å². The van der Waals surface area contributed by atoms with E-state index >= 15 is 0 Å². The number of anilines is 1. The maximum Gasteiger partial charge on any atom is 0.0458 e. The van der Waals surface area contributed by atoms with Gasteiger partial charge < -0.3 is 11.5 Å². The van der Waals surface area contributed by atoms with Crippen molar-refractivity contribution in [2.75, 3.05) is 12.3 Å². The second kappa shape index (κ2) is 5.04. The fraction of sp³-hybridized carbons (Fsp3) is 0.200.